The minimum Gasteiger partial charge on any atom is -0.464 e. The number of sulfonamides is 1. The Morgan fingerprint density at radius 1 is 1.00 bits per heavy atom. The number of ether oxygens (including phenoxy) is 1. The van der Waals surface area contributed by atoms with Crippen LogP contribution < -0.4 is 0 Å². The molecule has 6 heteroatoms. The van der Waals surface area contributed by atoms with E-state index < -0.39 is 10.0 Å². The van der Waals surface area contributed by atoms with Crippen LogP contribution in [-0.4, -0.2) is 39.0 Å². The van der Waals surface area contributed by atoms with Crippen LogP contribution in [0.2, 0.25) is 0 Å². The fraction of sp³-hybridized carbons (Fsp3) is 0.286. The number of rotatable bonds is 3. The van der Waals surface area contributed by atoms with Crippen LogP contribution in [0.1, 0.15) is 0 Å². The third-order valence-corrected chi connectivity index (χ3v) is 5.22. The second-order valence-corrected chi connectivity index (χ2v) is 6.40. The van der Waals surface area contributed by atoms with Gasteiger partial charge in [0.2, 0.25) is 10.0 Å². The Balaban J connectivity index is 2.05. The zero-order valence-corrected chi connectivity index (χ0v) is 11.7. The average molecular weight is 293 g/mol. The van der Waals surface area contributed by atoms with Gasteiger partial charge in [0, 0.05) is 18.7 Å². The van der Waals surface area contributed by atoms with Gasteiger partial charge in [0.15, 0.2) is 0 Å². The van der Waals surface area contributed by atoms with Crippen LogP contribution in [0.3, 0.4) is 0 Å². The molecular weight excluding hydrogens is 278 g/mol. The van der Waals surface area contributed by atoms with Crippen molar-refractivity contribution in [3.8, 4) is 11.3 Å². The molecule has 1 aromatic heterocycles. The Bertz CT molecular complexity index is 673. The van der Waals surface area contributed by atoms with Crippen LogP contribution in [0.4, 0.5) is 0 Å². The van der Waals surface area contributed by atoms with Crippen molar-refractivity contribution in [3.05, 3.63) is 42.7 Å². The molecule has 0 bridgehead atoms. The molecule has 5 nitrogen and oxygen atoms in total. The van der Waals surface area contributed by atoms with Gasteiger partial charge in [0.25, 0.3) is 0 Å². The highest BCUT2D eigenvalue weighted by atomic mass is 32.2. The lowest BCUT2D eigenvalue weighted by atomic mass is 10.2. The predicted molar refractivity (Wildman–Crippen MR) is 73.7 cm³/mol. The van der Waals surface area contributed by atoms with Gasteiger partial charge in [-0.15, -0.1) is 0 Å². The van der Waals surface area contributed by atoms with E-state index in [9.17, 15) is 8.42 Å². The minimum atomic E-state index is -3.53. The molecule has 1 aromatic carbocycles. The second-order valence-electron chi connectivity index (χ2n) is 4.49. The van der Waals surface area contributed by atoms with Crippen LogP contribution >= 0.6 is 0 Å². The monoisotopic (exact) mass is 293 g/mol. The largest absolute Gasteiger partial charge is 0.464 e. The summed E-state index contributed by atoms with van der Waals surface area (Å²) in [5.74, 6) is 0.553. The third kappa shape index (κ3) is 2.37. The first kappa shape index (κ1) is 13.4. The maximum atomic E-state index is 12.7. The molecule has 3 rings (SSSR count). The second kappa shape index (κ2) is 5.40. The molecule has 0 aliphatic carbocycles. The number of furan rings is 1. The molecule has 1 aliphatic heterocycles. The van der Waals surface area contributed by atoms with E-state index in [4.69, 9.17) is 9.15 Å². The van der Waals surface area contributed by atoms with Crippen molar-refractivity contribution in [2.75, 3.05) is 26.3 Å². The maximum absolute atomic E-state index is 12.7. The summed E-state index contributed by atoms with van der Waals surface area (Å²) >= 11 is 0. The molecule has 0 spiro atoms. The van der Waals surface area contributed by atoms with Crippen LogP contribution in [-0.2, 0) is 14.8 Å². The highest BCUT2D eigenvalue weighted by Gasteiger charge is 2.29. The first-order valence-electron chi connectivity index (χ1n) is 6.40. The number of hydrogen-bond donors (Lipinski definition) is 0. The van der Waals surface area contributed by atoms with Crippen molar-refractivity contribution in [1.29, 1.82) is 0 Å². The summed E-state index contributed by atoms with van der Waals surface area (Å²) in [7, 11) is -3.53. The summed E-state index contributed by atoms with van der Waals surface area (Å²) in [6, 6.07) is 10.4. The van der Waals surface area contributed by atoms with Crippen LogP contribution in [0.15, 0.2) is 52.0 Å². The standard InChI is InChI=1S/C14H15NO4S/c16-20(17,15-7-10-18-11-8-15)14-6-2-1-4-12(14)13-5-3-9-19-13/h1-6,9H,7-8,10-11H2. The number of morpholine rings is 1. The summed E-state index contributed by atoms with van der Waals surface area (Å²) < 4.78 is 37.5. The molecule has 2 aromatic rings. The maximum Gasteiger partial charge on any atom is 0.243 e. The van der Waals surface area contributed by atoms with Gasteiger partial charge < -0.3 is 9.15 Å². The zero-order chi connectivity index (χ0) is 14.0. The minimum absolute atomic E-state index is 0.275. The van der Waals surface area contributed by atoms with Gasteiger partial charge in [-0.2, -0.15) is 4.31 Å². The molecule has 0 saturated carbocycles. The van der Waals surface area contributed by atoms with Crippen LogP contribution in [0, 0.1) is 0 Å². The number of hydrogen-bond acceptors (Lipinski definition) is 4. The van der Waals surface area contributed by atoms with Gasteiger partial charge in [-0.05, 0) is 24.3 Å². The molecular formula is C14H15NO4S. The summed E-state index contributed by atoms with van der Waals surface area (Å²) in [5.41, 5.74) is 0.587. The van der Waals surface area contributed by atoms with E-state index in [0.29, 0.717) is 37.6 Å². The lowest BCUT2D eigenvalue weighted by Crippen LogP contribution is -2.40. The molecule has 1 saturated heterocycles. The molecule has 0 N–H and O–H groups in total. The van der Waals surface area contributed by atoms with Gasteiger partial charge in [0.05, 0.1) is 24.4 Å². The van der Waals surface area contributed by atoms with E-state index >= 15 is 0 Å². The van der Waals surface area contributed by atoms with Crippen molar-refractivity contribution >= 4 is 10.0 Å². The lowest BCUT2D eigenvalue weighted by Gasteiger charge is -2.26. The van der Waals surface area contributed by atoms with Gasteiger partial charge in [-0.25, -0.2) is 8.42 Å². The van der Waals surface area contributed by atoms with E-state index in [-0.39, 0.29) is 4.90 Å². The van der Waals surface area contributed by atoms with Crippen LogP contribution in [0.25, 0.3) is 11.3 Å². The molecule has 2 heterocycles. The number of nitrogens with zero attached hydrogens (tertiary/aromatic N) is 1. The fourth-order valence-corrected chi connectivity index (χ4v) is 3.86. The van der Waals surface area contributed by atoms with E-state index in [0.717, 1.165) is 0 Å². The van der Waals surface area contributed by atoms with Crippen molar-refractivity contribution in [1.82, 2.24) is 4.31 Å². The molecule has 0 atom stereocenters. The molecule has 0 unspecified atom stereocenters. The van der Waals surface area contributed by atoms with Gasteiger partial charge >= 0.3 is 0 Å². The normalized spacial score (nSPS) is 17.2. The molecule has 106 valence electrons. The Morgan fingerprint density at radius 3 is 2.45 bits per heavy atom. The highest BCUT2D eigenvalue weighted by Crippen LogP contribution is 2.29. The van der Waals surface area contributed by atoms with Gasteiger partial charge in [0.1, 0.15) is 5.76 Å². The van der Waals surface area contributed by atoms with Crippen LogP contribution in [0.5, 0.6) is 0 Å². The van der Waals surface area contributed by atoms with E-state index in [1.54, 1.807) is 36.4 Å². The predicted octanol–water partition coefficient (Wildman–Crippen LogP) is 1.97. The quantitative estimate of drug-likeness (QED) is 0.868. The average Bonchev–Trinajstić information content (AvgIpc) is 3.02. The number of benzene rings is 1. The zero-order valence-electron chi connectivity index (χ0n) is 10.9. The lowest BCUT2D eigenvalue weighted by molar-refractivity contribution is 0.0730. The summed E-state index contributed by atoms with van der Waals surface area (Å²) in [5, 5.41) is 0. The molecule has 0 radical (unpaired) electrons. The smallest absolute Gasteiger partial charge is 0.243 e. The summed E-state index contributed by atoms with van der Waals surface area (Å²) in [6.45, 7) is 1.63. The Labute approximate surface area is 117 Å². The van der Waals surface area contributed by atoms with Crippen molar-refractivity contribution in [2.24, 2.45) is 0 Å². The first-order chi connectivity index (χ1) is 9.69. The van der Waals surface area contributed by atoms with Crippen molar-refractivity contribution in [3.63, 3.8) is 0 Å². The topological polar surface area (TPSA) is 59.8 Å². The fourth-order valence-electron chi connectivity index (χ4n) is 2.25. The Morgan fingerprint density at radius 2 is 1.75 bits per heavy atom. The summed E-state index contributed by atoms with van der Waals surface area (Å²) in [6.07, 6.45) is 1.54. The summed E-state index contributed by atoms with van der Waals surface area (Å²) in [4.78, 5) is 0.275. The molecule has 1 aliphatic rings. The highest BCUT2D eigenvalue weighted by molar-refractivity contribution is 7.89. The van der Waals surface area contributed by atoms with E-state index in [1.165, 1.54) is 10.6 Å². The molecule has 0 amide bonds. The molecule has 20 heavy (non-hydrogen) atoms. The van der Waals surface area contributed by atoms with E-state index in [2.05, 4.69) is 0 Å². The first-order valence-corrected chi connectivity index (χ1v) is 7.84. The Kier molecular flexibility index (Phi) is 3.60. The van der Waals surface area contributed by atoms with Gasteiger partial charge in [-0.1, -0.05) is 12.1 Å². The third-order valence-electron chi connectivity index (χ3n) is 3.26. The SMILES string of the molecule is O=S(=O)(c1ccccc1-c1ccco1)N1CCOCC1. The van der Waals surface area contributed by atoms with Crippen molar-refractivity contribution < 1.29 is 17.6 Å². The Hall–Kier alpha value is -1.63. The van der Waals surface area contributed by atoms with E-state index in [1.807, 2.05) is 0 Å². The van der Waals surface area contributed by atoms with Crippen molar-refractivity contribution in [2.45, 2.75) is 4.90 Å². The van der Waals surface area contributed by atoms with Gasteiger partial charge in [-0.3, -0.25) is 0 Å². The molecule has 1 fully saturated rings.